The molecule has 0 radical (unpaired) electrons. The lowest BCUT2D eigenvalue weighted by Crippen LogP contribution is -2.35. The fourth-order valence-electron chi connectivity index (χ4n) is 3.51. The Morgan fingerprint density at radius 2 is 2.17 bits per heavy atom. The molecule has 0 spiro atoms. The van der Waals surface area contributed by atoms with Gasteiger partial charge in [-0.15, -0.1) is 0 Å². The second kappa shape index (κ2) is 4.37. The third kappa shape index (κ3) is 2.46. The van der Waals surface area contributed by atoms with Crippen LogP contribution >= 0.6 is 0 Å². The molecule has 1 aromatic rings. The van der Waals surface area contributed by atoms with Crippen LogP contribution in [0.5, 0.6) is 0 Å². The second-order valence-corrected chi connectivity index (χ2v) is 7.04. The van der Waals surface area contributed by atoms with Crippen LogP contribution in [0.25, 0.3) is 0 Å². The summed E-state index contributed by atoms with van der Waals surface area (Å²) in [6.45, 7) is 7.21. The normalized spacial score (nSPS) is 31.2. The molecular weight excluding hydrogens is 224 g/mol. The highest BCUT2D eigenvalue weighted by Gasteiger charge is 2.41. The average Bonchev–Trinajstić information content (AvgIpc) is 3.01. The molecule has 3 unspecified atom stereocenters. The number of hydrogen-bond acceptors (Lipinski definition) is 3. The van der Waals surface area contributed by atoms with Gasteiger partial charge in [0, 0.05) is 11.5 Å². The van der Waals surface area contributed by atoms with Gasteiger partial charge in [-0.2, -0.15) is 0 Å². The van der Waals surface area contributed by atoms with Gasteiger partial charge in [0.25, 0.3) is 0 Å². The molecule has 1 N–H and O–H groups in total. The largest absolute Gasteiger partial charge is 0.444 e. The minimum Gasteiger partial charge on any atom is -0.444 e. The highest BCUT2D eigenvalue weighted by molar-refractivity contribution is 5.10. The Morgan fingerprint density at radius 3 is 2.78 bits per heavy atom. The lowest BCUT2D eigenvalue weighted by Gasteiger charge is -2.20. The molecule has 18 heavy (non-hydrogen) atoms. The molecule has 2 fully saturated rings. The molecule has 0 amide bonds. The van der Waals surface area contributed by atoms with Crippen molar-refractivity contribution < 1.29 is 4.42 Å². The molecule has 0 aliphatic heterocycles. The first kappa shape index (κ1) is 12.2. The van der Waals surface area contributed by atoms with Crippen LogP contribution in [0.3, 0.4) is 0 Å². The number of fused-ring (bicyclic) bond motifs is 2. The molecule has 2 saturated carbocycles. The van der Waals surface area contributed by atoms with Crippen molar-refractivity contribution in [1.82, 2.24) is 10.3 Å². The molecule has 0 saturated heterocycles. The predicted octanol–water partition coefficient (Wildman–Crippen LogP) is 3.47. The van der Waals surface area contributed by atoms with Gasteiger partial charge >= 0.3 is 0 Å². The molecule has 1 aromatic heterocycles. The van der Waals surface area contributed by atoms with Gasteiger partial charge in [0.15, 0.2) is 0 Å². The molecule has 1 heterocycles. The van der Waals surface area contributed by atoms with Crippen molar-refractivity contribution in [1.29, 1.82) is 0 Å². The summed E-state index contributed by atoms with van der Waals surface area (Å²) in [6.07, 6.45) is 7.54. The van der Waals surface area contributed by atoms with Crippen molar-refractivity contribution in [3.8, 4) is 0 Å². The maximum atomic E-state index is 5.94. The lowest BCUT2D eigenvalue weighted by molar-refractivity contribution is 0.327. The van der Waals surface area contributed by atoms with Crippen LogP contribution in [0.2, 0.25) is 0 Å². The third-order valence-corrected chi connectivity index (χ3v) is 4.44. The Hall–Kier alpha value is -0.830. The van der Waals surface area contributed by atoms with Gasteiger partial charge in [-0.1, -0.05) is 6.42 Å². The van der Waals surface area contributed by atoms with E-state index in [1.54, 1.807) is 0 Å². The van der Waals surface area contributed by atoms with Crippen molar-refractivity contribution in [2.75, 3.05) is 0 Å². The van der Waals surface area contributed by atoms with Crippen molar-refractivity contribution in [3.63, 3.8) is 0 Å². The van der Waals surface area contributed by atoms with Gasteiger partial charge < -0.3 is 9.73 Å². The van der Waals surface area contributed by atoms with Gasteiger partial charge in [0.2, 0.25) is 5.89 Å². The molecule has 2 aliphatic carbocycles. The number of rotatable bonds is 3. The maximum Gasteiger partial charge on any atom is 0.208 e. The first-order chi connectivity index (χ1) is 8.51. The van der Waals surface area contributed by atoms with Gasteiger partial charge in [-0.3, -0.25) is 0 Å². The van der Waals surface area contributed by atoms with Crippen LogP contribution in [0.4, 0.5) is 0 Å². The molecular formula is C15H24N2O. The summed E-state index contributed by atoms with van der Waals surface area (Å²) in [5, 5.41) is 3.42. The number of aromatic nitrogens is 1. The first-order valence-electron chi connectivity index (χ1n) is 7.21. The Kier molecular flexibility index (Phi) is 2.97. The van der Waals surface area contributed by atoms with E-state index in [-0.39, 0.29) is 5.54 Å². The summed E-state index contributed by atoms with van der Waals surface area (Å²) >= 11 is 0. The molecule has 100 valence electrons. The topological polar surface area (TPSA) is 38.1 Å². The Bertz CT molecular complexity index is 418. The Labute approximate surface area is 109 Å². The van der Waals surface area contributed by atoms with E-state index in [4.69, 9.17) is 4.42 Å². The van der Waals surface area contributed by atoms with E-state index in [2.05, 4.69) is 31.1 Å². The highest BCUT2D eigenvalue weighted by atomic mass is 16.4. The summed E-state index contributed by atoms with van der Waals surface area (Å²) in [5.74, 6) is 4.45. The molecule has 2 bridgehead atoms. The summed E-state index contributed by atoms with van der Waals surface area (Å²) in [5.41, 5.74) is 0.112. The maximum absolute atomic E-state index is 5.94. The lowest BCUT2D eigenvalue weighted by atomic mass is 9.87. The third-order valence-electron chi connectivity index (χ3n) is 4.44. The zero-order valence-corrected chi connectivity index (χ0v) is 11.7. The van der Waals surface area contributed by atoms with E-state index < -0.39 is 0 Å². The minimum atomic E-state index is 0.112. The van der Waals surface area contributed by atoms with Crippen molar-refractivity contribution in [3.05, 3.63) is 17.8 Å². The monoisotopic (exact) mass is 248 g/mol. The SMILES string of the molecule is CC(C)(C)NCc1ncc(C2CC3CCC2C3)o1. The Morgan fingerprint density at radius 1 is 1.33 bits per heavy atom. The van der Waals surface area contributed by atoms with Gasteiger partial charge in [0.1, 0.15) is 5.76 Å². The number of nitrogens with one attached hydrogen (secondary N) is 1. The highest BCUT2D eigenvalue weighted by Crippen LogP contribution is 2.52. The minimum absolute atomic E-state index is 0.112. The smallest absolute Gasteiger partial charge is 0.208 e. The summed E-state index contributed by atoms with van der Waals surface area (Å²) in [4.78, 5) is 4.42. The van der Waals surface area contributed by atoms with Crippen LogP contribution in [-0.2, 0) is 6.54 Å². The van der Waals surface area contributed by atoms with Crippen LogP contribution in [0, 0.1) is 11.8 Å². The number of nitrogens with zero attached hydrogens (tertiary/aromatic N) is 1. The summed E-state index contributed by atoms with van der Waals surface area (Å²) < 4.78 is 5.94. The van der Waals surface area contributed by atoms with E-state index in [9.17, 15) is 0 Å². The van der Waals surface area contributed by atoms with Crippen LogP contribution in [0.1, 0.15) is 64.0 Å². The van der Waals surface area contributed by atoms with Crippen LogP contribution < -0.4 is 5.32 Å². The Balaban J connectivity index is 1.63. The van der Waals surface area contributed by atoms with E-state index in [0.29, 0.717) is 5.92 Å². The van der Waals surface area contributed by atoms with E-state index >= 15 is 0 Å². The summed E-state index contributed by atoms with van der Waals surface area (Å²) in [7, 11) is 0. The number of oxazole rings is 1. The van der Waals surface area contributed by atoms with Gasteiger partial charge in [0.05, 0.1) is 12.7 Å². The second-order valence-electron chi connectivity index (χ2n) is 7.04. The average molecular weight is 248 g/mol. The van der Waals surface area contributed by atoms with Crippen molar-refractivity contribution in [2.45, 2.75) is 64.5 Å². The number of hydrogen-bond donors (Lipinski definition) is 1. The standard InChI is InChI=1S/C15H24N2O/c1-15(2,3)17-9-14-16-8-13(18-14)12-7-10-4-5-11(12)6-10/h8,10-12,17H,4-7,9H2,1-3H3. The fourth-order valence-corrected chi connectivity index (χ4v) is 3.51. The van der Waals surface area contributed by atoms with Crippen molar-refractivity contribution in [2.24, 2.45) is 11.8 Å². The summed E-state index contributed by atoms with van der Waals surface area (Å²) in [6, 6.07) is 0. The molecule has 0 aromatic carbocycles. The molecule has 3 atom stereocenters. The van der Waals surface area contributed by atoms with Gasteiger partial charge in [-0.25, -0.2) is 4.98 Å². The molecule has 3 rings (SSSR count). The van der Waals surface area contributed by atoms with E-state index in [1.807, 2.05) is 6.20 Å². The first-order valence-corrected chi connectivity index (χ1v) is 7.21. The zero-order valence-electron chi connectivity index (χ0n) is 11.7. The fraction of sp³-hybridized carbons (Fsp3) is 0.800. The van der Waals surface area contributed by atoms with Crippen LogP contribution in [0.15, 0.2) is 10.6 Å². The van der Waals surface area contributed by atoms with E-state index in [1.165, 1.54) is 25.7 Å². The molecule has 3 nitrogen and oxygen atoms in total. The zero-order chi connectivity index (χ0) is 12.8. The van der Waals surface area contributed by atoms with E-state index in [0.717, 1.165) is 30.0 Å². The van der Waals surface area contributed by atoms with Crippen molar-refractivity contribution >= 4 is 0 Å². The quantitative estimate of drug-likeness (QED) is 0.890. The molecule has 3 heteroatoms. The molecule has 2 aliphatic rings. The van der Waals surface area contributed by atoms with Gasteiger partial charge in [-0.05, 0) is 51.9 Å². The van der Waals surface area contributed by atoms with Crippen LogP contribution in [-0.4, -0.2) is 10.5 Å². The predicted molar refractivity (Wildman–Crippen MR) is 71.3 cm³/mol.